The number of likely N-dealkylation sites (tertiary alicyclic amines) is 1. The topological polar surface area (TPSA) is 55.9 Å². The number of hydrogen-bond acceptors (Lipinski definition) is 3. The third kappa shape index (κ3) is 7.24. The Bertz CT molecular complexity index is 859. The monoisotopic (exact) mass is 488 g/mol. The molecular weight excluding hydrogens is 457 g/mol. The smallest absolute Gasteiger partial charge is 0.326 e. The summed E-state index contributed by atoms with van der Waals surface area (Å²) in [5.41, 5.74) is 2.30. The Hall–Kier alpha value is -2.00. The van der Waals surface area contributed by atoms with E-state index in [9.17, 15) is 22.8 Å². The fourth-order valence-electron chi connectivity index (χ4n) is 4.48. The Morgan fingerprint density at radius 1 is 1.15 bits per heavy atom. The summed E-state index contributed by atoms with van der Waals surface area (Å²) in [5, 5.41) is 3.16. The summed E-state index contributed by atoms with van der Waals surface area (Å²) in [6, 6.07) is 3.67. The van der Waals surface area contributed by atoms with Crippen LogP contribution in [0.3, 0.4) is 0 Å². The van der Waals surface area contributed by atoms with Crippen LogP contribution in [0.1, 0.15) is 50.2 Å². The Morgan fingerprint density at radius 3 is 2.48 bits per heavy atom. The number of carbonyl (C=O) groups excluding carboxylic acids is 2. The molecule has 0 bridgehead atoms. The lowest BCUT2D eigenvalue weighted by molar-refractivity contribution is -0.136. The van der Waals surface area contributed by atoms with E-state index in [1.54, 1.807) is 6.07 Å². The molecule has 184 valence electrons. The quantitative estimate of drug-likeness (QED) is 0.610. The highest BCUT2D eigenvalue weighted by molar-refractivity contribution is 6.31. The van der Waals surface area contributed by atoms with Crippen LogP contribution in [0.25, 0.3) is 0 Å². The zero-order valence-electron chi connectivity index (χ0n) is 19.2. The number of benzene rings is 1. The summed E-state index contributed by atoms with van der Waals surface area (Å²) in [6.45, 7) is 8.31. The molecule has 1 N–H and O–H groups in total. The molecule has 2 aliphatic rings. The van der Waals surface area contributed by atoms with E-state index in [4.69, 9.17) is 11.6 Å². The van der Waals surface area contributed by atoms with E-state index in [0.717, 1.165) is 50.1 Å². The number of urea groups is 1. The van der Waals surface area contributed by atoms with Gasteiger partial charge in [0.05, 0.1) is 0 Å². The van der Waals surface area contributed by atoms with Gasteiger partial charge in [-0.2, -0.15) is 13.2 Å². The van der Waals surface area contributed by atoms with Crippen LogP contribution in [0.2, 0.25) is 5.02 Å². The minimum atomic E-state index is -4.26. The second-order valence-electron chi connectivity index (χ2n) is 9.01. The number of piperazine rings is 1. The van der Waals surface area contributed by atoms with Gasteiger partial charge in [-0.15, -0.1) is 0 Å². The molecule has 0 saturated carbocycles. The summed E-state index contributed by atoms with van der Waals surface area (Å²) < 4.78 is 37.0. The van der Waals surface area contributed by atoms with E-state index in [1.165, 1.54) is 0 Å². The van der Waals surface area contributed by atoms with Crippen LogP contribution in [0.15, 0.2) is 12.1 Å². The van der Waals surface area contributed by atoms with Crippen LogP contribution in [-0.4, -0.2) is 71.6 Å². The maximum Gasteiger partial charge on any atom is 0.389 e. The largest absolute Gasteiger partial charge is 0.389 e. The van der Waals surface area contributed by atoms with E-state index in [1.807, 2.05) is 22.8 Å². The molecule has 0 aliphatic carbocycles. The average molecular weight is 489 g/mol. The first-order valence-corrected chi connectivity index (χ1v) is 11.8. The summed E-state index contributed by atoms with van der Waals surface area (Å²) in [6.07, 6.45) is -3.57. The van der Waals surface area contributed by atoms with Gasteiger partial charge in [0.15, 0.2) is 0 Å². The number of halogens is 4. The molecule has 10 heteroatoms. The van der Waals surface area contributed by atoms with Gasteiger partial charge in [0.2, 0.25) is 5.91 Å². The molecule has 2 saturated heterocycles. The van der Waals surface area contributed by atoms with Gasteiger partial charge in [-0.05, 0) is 56.4 Å². The number of alkyl halides is 3. The van der Waals surface area contributed by atoms with E-state index >= 15 is 0 Å². The number of rotatable bonds is 6. The van der Waals surface area contributed by atoms with Crippen molar-refractivity contribution < 1.29 is 22.8 Å². The molecule has 0 spiro atoms. The van der Waals surface area contributed by atoms with Crippen molar-refractivity contribution >= 4 is 29.2 Å². The summed E-state index contributed by atoms with van der Waals surface area (Å²) in [4.78, 5) is 31.0. The number of hydrogen-bond donors (Lipinski definition) is 1. The summed E-state index contributed by atoms with van der Waals surface area (Å²) in [5.74, 6) is -0.460. The van der Waals surface area contributed by atoms with E-state index in [-0.39, 0.29) is 24.9 Å². The highest BCUT2D eigenvalue weighted by Crippen LogP contribution is 2.28. The van der Waals surface area contributed by atoms with Gasteiger partial charge in [-0.25, -0.2) is 4.79 Å². The molecule has 1 unspecified atom stereocenters. The summed E-state index contributed by atoms with van der Waals surface area (Å²) >= 11 is 6.28. The van der Waals surface area contributed by atoms with Crippen LogP contribution in [0.5, 0.6) is 0 Å². The van der Waals surface area contributed by atoms with Crippen molar-refractivity contribution in [2.45, 2.75) is 64.7 Å². The number of nitrogens with one attached hydrogen (secondary N) is 1. The lowest BCUT2D eigenvalue weighted by Crippen LogP contribution is -2.56. The first-order valence-electron chi connectivity index (χ1n) is 11.5. The van der Waals surface area contributed by atoms with Gasteiger partial charge in [0.1, 0.15) is 0 Å². The molecule has 2 aliphatic heterocycles. The molecule has 1 aromatic rings. The fraction of sp³-hybridized carbons (Fsp3) is 0.652. The van der Waals surface area contributed by atoms with Crippen molar-refractivity contribution in [3.63, 3.8) is 0 Å². The Morgan fingerprint density at radius 2 is 1.85 bits per heavy atom. The molecule has 0 radical (unpaired) electrons. The second-order valence-corrected chi connectivity index (χ2v) is 9.45. The second kappa shape index (κ2) is 11.0. The van der Waals surface area contributed by atoms with Crippen molar-refractivity contribution in [2.75, 3.05) is 38.0 Å². The average Bonchev–Trinajstić information content (AvgIpc) is 3.25. The van der Waals surface area contributed by atoms with Crippen LogP contribution in [0.4, 0.5) is 23.7 Å². The zero-order chi connectivity index (χ0) is 24.2. The summed E-state index contributed by atoms with van der Waals surface area (Å²) in [7, 11) is 0. The Balaban J connectivity index is 1.58. The molecule has 1 aromatic carbocycles. The predicted molar refractivity (Wildman–Crippen MR) is 122 cm³/mol. The lowest BCUT2D eigenvalue weighted by atomic mass is 10.0. The SMILES string of the molecule is Cc1c(CN2CCN(C(=O)N3CCCC3)C(C)C2)cc(Cl)cc1NC(=O)CCCC(F)(F)F. The minimum Gasteiger partial charge on any atom is -0.326 e. The van der Waals surface area contributed by atoms with E-state index in [2.05, 4.69) is 17.1 Å². The van der Waals surface area contributed by atoms with Crippen LogP contribution >= 0.6 is 11.6 Å². The minimum absolute atomic E-state index is 0.0825. The van der Waals surface area contributed by atoms with Crippen molar-refractivity contribution in [3.8, 4) is 0 Å². The lowest BCUT2D eigenvalue weighted by Gasteiger charge is -2.41. The highest BCUT2D eigenvalue weighted by Gasteiger charge is 2.31. The maximum absolute atomic E-state index is 12.8. The van der Waals surface area contributed by atoms with Gasteiger partial charge >= 0.3 is 12.2 Å². The van der Waals surface area contributed by atoms with Crippen molar-refractivity contribution in [1.82, 2.24) is 14.7 Å². The Kier molecular flexibility index (Phi) is 8.50. The predicted octanol–water partition coefficient (Wildman–Crippen LogP) is 5.04. The molecule has 3 rings (SSSR count). The standard InChI is InChI=1S/C23H32ClF3N4O2/c1-16-14-29(10-11-31(16)22(33)30-8-3-4-9-30)15-18-12-19(24)13-20(17(18)2)28-21(32)6-5-7-23(25,26)27/h12-13,16H,3-11,14-15H2,1-2H3,(H,28,32). The van der Waals surface area contributed by atoms with Crippen LogP contribution < -0.4 is 5.32 Å². The van der Waals surface area contributed by atoms with Gasteiger partial charge in [0.25, 0.3) is 0 Å². The molecule has 33 heavy (non-hydrogen) atoms. The molecule has 0 aromatic heterocycles. The number of carbonyl (C=O) groups is 2. The van der Waals surface area contributed by atoms with Crippen LogP contribution in [0, 0.1) is 6.92 Å². The molecule has 2 fully saturated rings. The normalized spacial score (nSPS) is 19.8. The third-order valence-electron chi connectivity index (χ3n) is 6.35. The molecule has 2 heterocycles. The molecular formula is C23H32ClF3N4O2. The van der Waals surface area contributed by atoms with Crippen LogP contribution in [-0.2, 0) is 11.3 Å². The number of anilines is 1. The van der Waals surface area contributed by atoms with E-state index < -0.39 is 18.5 Å². The first kappa shape index (κ1) is 25.6. The Labute approximate surface area is 198 Å². The molecule has 6 nitrogen and oxygen atoms in total. The first-order chi connectivity index (χ1) is 15.5. The van der Waals surface area contributed by atoms with Crippen molar-refractivity contribution in [1.29, 1.82) is 0 Å². The number of amides is 3. The number of nitrogens with zero attached hydrogens (tertiary/aromatic N) is 3. The maximum atomic E-state index is 12.8. The van der Waals surface area contributed by atoms with Gasteiger partial charge in [-0.3, -0.25) is 9.69 Å². The van der Waals surface area contributed by atoms with Crippen molar-refractivity contribution in [3.05, 3.63) is 28.3 Å². The van der Waals surface area contributed by atoms with Gasteiger partial charge < -0.3 is 15.1 Å². The van der Waals surface area contributed by atoms with Gasteiger partial charge in [-0.1, -0.05) is 11.6 Å². The molecule has 3 amide bonds. The van der Waals surface area contributed by atoms with Crippen molar-refractivity contribution in [2.24, 2.45) is 0 Å². The zero-order valence-corrected chi connectivity index (χ0v) is 19.9. The highest BCUT2D eigenvalue weighted by atomic mass is 35.5. The van der Waals surface area contributed by atoms with Gasteiger partial charge in [0, 0.05) is 68.9 Å². The molecule has 1 atom stereocenters. The van der Waals surface area contributed by atoms with E-state index in [0.29, 0.717) is 23.8 Å². The third-order valence-corrected chi connectivity index (χ3v) is 6.56. The fourth-order valence-corrected chi connectivity index (χ4v) is 4.72.